The standard InChI is InChI=1S/C22H23N3O7/c1-30-17-8-7-14(11-18(17)31-2)9-10-23-19(26)13-32-20(27)12-25-22(29)16-6-4-3-5-15(16)21(28)24-25/h3-8,11H,9-10,12-13H2,1-2H3,(H,23,26)(H,24,28). The van der Waals surface area contributed by atoms with Gasteiger partial charge >= 0.3 is 5.97 Å². The Hall–Kier alpha value is -4.08. The SMILES string of the molecule is COc1ccc(CCNC(=O)COC(=O)Cn2[nH]c(=O)c3ccccc3c2=O)cc1OC. The summed E-state index contributed by atoms with van der Waals surface area (Å²) in [6, 6.07) is 11.7. The molecule has 0 radical (unpaired) electrons. The first-order valence-corrected chi connectivity index (χ1v) is 9.78. The molecule has 1 amide bonds. The molecule has 1 aromatic heterocycles. The second-order valence-corrected chi connectivity index (χ2v) is 6.83. The minimum absolute atomic E-state index is 0.192. The lowest BCUT2D eigenvalue weighted by molar-refractivity contribution is -0.149. The molecule has 0 aliphatic carbocycles. The van der Waals surface area contributed by atoms with Crippen molar-refractivity contribution in [3.05, 3.63) is 68.7 Å². The summed E-state index contributed by atoms with van der Waals surface area (Å²) >= 11 is 0. The van der Waals surface area contributed by atoms with Gasteiger partial charge in [-0.25, -0.2) is 4.68 Å². The molecule has 0 aliphatic heterocycles. The van der Waals surface area contributed by atoms with Crippen molar-refractivity contribution in [3.8, 4) is 11.5 Å². The van der Waals surface area contributed by atoms with E-state index < -0.39 is 36.1 Å². The topological polar surface area (TPSA) is 129 Å². The third-order valence-corrected chi connectivity index (χ3v) is 4.72. The van der Waals surface area contributed by atoms with Gasteiger partial charge in [-0.05, 0) is 36.2 Å². The summed E-state index contributed by atoms with van der Waals surface area (Å²) in [5, 5.41) is 5.41. The zero-order valence-corrected chi connectivity index (χ0v) is 17.7. The number of aromatic amines is 1. The van der Waals surface area contributed by atoms with E-state index in [0.29, 0.717) is 24.5 Å². The van der Waals surface area contributed by atoms with E-state index in [0.717, 1.165) is 10.2 Å². The largest absolute Gasteiger partial charge is 0.493 e. The number of methoxy groups -OCH3 is 2. The normalized spacial score (nSPS) is 10.6. The van der Waals surface area contributed by atoms with Crippen LogP contribution in [0.4, 0.5) is 0 Å². The van der Waals surface area contributed by atoms with E-state index in [1.165, 1.54) is 12.1 Å². The van der Waals surface area contributed by atoms with Crippen LogP contribution in [0.2, 0.25) is 0 Å². The molecule has 10 heteroatoms. The number of carbonyl (C=O) groups is 2. The van der Waals surface area contributed by atoms with Crippen molar-refractivity contribution >= 4 is 22.6 Å². The van der Waals surface area contributed by atoms with Crippen LogP contribution in [0.1, 0.15) is 5.56 Å². The molecule has 3 aromatic rings. The Labute approximate surface area is 182 Å². The highest BCUT2D eigenvalue weighted by molar-refractivity contribution is 5.81. The van der Waals surface area contributed by atoms with Gasteiger partial charge in [0.25, 0.3) is 17.0 Å². The van der Waals surface area contributed by atoms with Gasteiger partial charge in [0.1, 0.15) is 6.54 Å². The predicted octanol–water partition coefficient (Wildman–Crippen LogP) is 0.609. The number of esters is 1. The number of nitrogens with one attached hydrogen (secondary N) is 2. The maximum absolute atomic E-state index is 12.4. The van der Waals surface area contributed by atoms with Crippen LogP contribution in [0.3, 0.4) is 0 Å². The van der Waals surface area contributed by atoms with Gasteiger partial charge in [0.15, 0.2) is 18.1 Å². The fourth-order valence-corrected chi connectivity index (χ4v) is 3.11. The van der Waals surface area contributed by atoms with Gasteiger partial charge in [0.2, 0.25) is 0 Å². The lowest BCUT2D eigenvalue weighted by Crippen LogP contribution is -2.35. The van der Waals surface area contributed by atoms with Gasteiger partial charge in [-0.1, -0.05) is 18.2 Å². The molecule has 2 aromatic carbocycles. The van der Waals surface area contributed by atoms with Crippen LogP contribution < -0.4 is 25.9 Å². The summed E-state index contributed by atoms with van der Waals surface area (Å²) < 4.78 is 16.2. The molecule has 0 aliphatic rings. The smallest absolute Gasteiger partial charge is 0.328 e. The van der Waals surface area contributed by atoms with Crippen LogP contribution in [-0.2, 0) is 27.3 Å². The highest BCUT2D eigenvalue weighted by Gasteiger charge is 2.13. The third-order valence-electron chi connectivity index (χ3n) is 4.72. The van der Waals surface area contributed by atoms with E-state index in [4.69, 9.17) is 14.2 Å². The number of ether oxygens (including phenoxy) is 3. The Morgan fingerprint density at radius 2 is 1.72 bits per heavy atom. The van der Waals surface area contributed by atoms with Crippen LogP contribution in [0.25, 0.3) is 10.8 Å². The van der Waals surface area contributed by atoms with Crippen molar-refractivity contribution in [2.45, 2.75) is 13.0 Å². The molecule has 1 heterocycles. The predicted molar refractivity (Wildman–Crippen MR) is 116 cm³/mol. The Kier molecular flexibility index (Phi) is 7.27. The highest BCUT2D eigenvalue weighted by Crippen LogP contribution is 2.27. The lowest BCUT2D eigenvalue weighted by Gasteiger charge is -2.10. The number of nitrogens with zero attached hydrogens (tertiary/aromatic N) is 1. The van der Waals surface area contributed by atoms with Gasteiger partial charge in [-0.15, -0.1) is 0 Å². The van der Waals surface area contributed by atoms with Crippen molar-refractivity contribution in [1.82, 2.24) is 15.1 Å². The van der Waals surface area contributed by atoms with E-state index in [1.54, 1.807) is 32.4 Å². The number of rotatable bonds is 9. The summed E-state index contributed by atoms with van der Waals surface area (Å²) in [6.07, 6.45) is 0.535. The van der Waals surface area contributed by atoms with Gasteiger partial charge in [-0.3, -0.25) is 24.3 Å². The number of aromatic nitrogens is 2. The summed E-state index contributed by atoms with van der Waals surface area (Å²) in [5.41, 5.74) is -0.1000. The molecule has 32 heavy (non-hydrogen) atoms. The van der Waals surface area contributed by atoms with E-state index in [-0.39, 0.29) is 10.8 Å². The Balaban J connectivity index is 1.49. The number of fused-ring (bicyclic) bond motifs is 1. The Morgan fingerprint density at radius 1 is 1.00 bits per heavy atom. The van der Waals surface area contributed by atoms with Crippen molar-refractivity contribution < 1.29 is 23.8 Å². The molecule has 2 N–H and O–H groups in total. The summed E-state index contributed by atoms with van der Waals surface area (Å²) in [6.45, 7) is -0.696. The number of hydrogen-bond donors (Lipinski definition) is 2. The van der Waals surface area contributed by atoms with Crippen molar-refractivity contribution in [3.63, 3.8) is 0 Å². The van der Waals surface area contributed by atoms with Crippen LogP contribution in [0.15, 0.2) is 52.1 Å². The monoisotopic (exact) mass is 441 g/mol. The summed E-state index contributed by atoms with van der Waals surface area (Å²) in [4.78, 5) is 48.5. The molecular formula is C22H23N3O7. The Bertz CT molecular complexity index is 1250. The zero-order valence-electron chi connectivity index (χ0n) is 17.7. The number of H-pyrrole nitrogens is 1. The molecule has 0 bridgehead atoms. The van der Waals surface area contributed by atoms with Gasteiger partial charge < -0.3 is 19.5 Å². The average Bonchev–Trinajstić information content (AvgIpc) is 2.81. The van der Waals surface area contributed by atoms with E-state index in [9.17, 15) is 19.2 Å². The molecule has 0 saturated carbocycles. The molecular weight excluding hydrogens is 418 g/mol. The molecule has 0 fully saturated rings. The average molecular weight is 441 g/mol. The van der Waals surface area contributed by atoms with E-state index in [2.05, 4.69) is 10.4 Å². The lowest BCUT2D eigenvalue weighted by atomic mass is 10.1. The van der Waals surface area contributed by atoms with Crippen LogP contribution in [-0.4, -0.2) is 49.0 Å². The number of benzene rings is 2. The molecule has 3 rings (SSSR count). The van der Waals surface area contributed by atoms with Gasteiger partial charge in [0.05, 0.1) is 25.0 Å². The van der Waals surface area contributed by atoms with Crippen molar-refractivity contribution in [2.24, 2.45) is 0 Å². The minimum atomic E-state index is -0.826. The van der Waals surface area contributed by atoms with Gasteiger partial charge in [0, 0.05) is 6.54 Å². The first-order valence-electron chi connectivity index (χ1n) is 9.78. The maximum Gasteiger partial charge on any atom is 0.328 e. The minimum Gasteiger partial charge on any atom is -0.493 e. The zero-order chi connectivity index (χ0) is 23.1. The molecule has 0 unspecified atom stereocenters. The number of amides is 1. The third kappa shape index (κ3) is 5.34. The number of hydrogen-bond acceptors (Lipinski definition) is 7. The second-order valence-electron chi connectivity index (χ2n) is 6.83. The van der Waals surface area contributed by atoms with Crippen molar-refractivity contribution in [1.29, 1.82) is 0 Å². The van der Waals surface area contributed by atoms with Gasteiger partial charge in [-0.2, -0.15) is 0 Å². The highest BCUT2D eigenvalue weighted by atomic mass is 16.5. The molecule has 0 atom stereocenters. The second kappa shape index (κ2) is 10.3. The van der Waals surface area contributed by atoms with Crippen LogP contribution in [0, 0.1) is 0 Å². The fraction of sp³-hybridized carbons (Fsp3) is 0.273. The summed E-state index contributed by atoms with van der Waals surface area (Å²) in [5.74, 6) is -0.113. The first-order chi connectivity index (χ1) is 15.4. The Morgan fingerprint density at radius 3 is 2.44 bits per heavy atom. The molecule has 0 saturated heterocycles. The molecule has 0 spiro atoms. The van der Waals surface area contributed by atoms with Crippen LogP contribution in [0.5, 0.6) is 11.5 Å². The maximum atomic E-state index is 12.4. The molecule has 168 valence electrons. The van der Waals surface area contributed by atoms with E-state index in [1.807, 2.05) is 12.1 Å². The van der Waals surface area contributed by atoms with Crippen molar-refractivity contribution in [2.75, 3.05) is 27.4 Å². The van der Waals surface area contributed by atoms with E-state index >= 15 is 0 Å². The summed E-state index contributed by atoms with van der Waals surface area (Å²) in [7, 11) is 3.09. The molecule has 10 nitrogen and oxygen atoms in total. The first kappa shape index (κ1) is 22.6. The fourth-order valence-electron chi connectivity index (χ4n) is 3.11. The quantitative estimate of drug-likeness (QED) is 0.466. The van der Waals surface area contributed by atoms with Crippen LogP contribution >= 0.6 is 0 Å². The number of carbonyl (C=O) groups excluding carboxylic acids is 2.